The second kappa shape index (κ2) is 6.37. The van der Waals surface area contributed by atoms with Crippen molar-refractivity contribution in [2.45, 2.75) is 33.1 Å². The van der Waals surface area contributed by atoms with Crippen molar-refractivity contribution in [3.8, 4) is 0 Å². The average molecular weight is 256 g/mol. The summed E-state index contributed by atoms with van der Waals surface area (Å²) in [5.41, 5.74) is 0. The molecule has 18 heavy (non-hydrogen) atoms. The average Bonchev–Trinajstić information content (AvgIpc) is 2.59. The lowest BCUT2D eigenvalue weighted by molar-refractivity contribution is -0.137. The molecule has 6 heteroatoms. The Morgan fingerprint density at radius 2 is 2.06 bits per heavy atom. The van der Waals surface area contributed by atoms with E-state index in [2.05, 4.69) is 5.32 Å². The van der Waals surface area contributed by atoms with Crippen LogP contribution in [0.2, 0.25) is 0 Å². The highest BCUT2D eigenvalue weighted by molar-refractivity contribution is 6.01. The van der Waals surface area contributed by atoms with Crippen LogP contribution in [0.15, 0.2) is 0 Å². The van der Waals surface area contributed by atoms with Crippen molar-refractivity contribution in [1.29, 1.82) is 0 Å². The highest BCUT2D eigenvalue weighted by Gasteiger charge is 2.29. The van der Waals surface area contributed by atoms with Gasteiger partial charge in [0.25, 0.3) is 0 Å². The summed E-state index contributed by atoms with van der Waals surface area (Å²) >= 11 is 0. The van der Waals surface area contributed by atoms with Gasteiger partial charge in [0.1, 0.15) is 0 Å². The lowest BCUT2D eigenvalue weighted by Gasteiger charge is -2.22. The molecule has 0 aromatic heterocycles. The smallest absolute Gasteiger partial charge is 0.324 e. The van der Waals surface area contributed by atoms with Crippen LogP contribution in [0.1, 0.15) is 33.1 Å². The molecule has 1 saturated heterocycles. The summed E-state index contributed by atoms with van der Waals surface area (Å²) in [6.07, 6.45) is 1.36. The standard InChI is InChI=1S/C12H20N2O4/c1-8(2)9(3-4-11(16)17)5-6-14-10(15)7-13-12(14)18/h8-9H,3-7H2,1-2H3,(H,13,18)(H,16,17). The molecule has 1 aliphatic heterocycles. The highest BCUT2D eigenvalue weighted by atomic mass is 16.4. The minimum absolute atomic E-state index is 0.0697. The minimum Gasteiger partial charge on any atom is -0.481 e. The molecular formula is C12H20N2O4. The van der Waals surface area contributed by atoms with Gasteiger partial charge in [-0.3, -0.25) is 14.5 Å². The second-order valence-corrected chi connectivity index (χ2v) is 4.93. The Morgan fingerprint density at radius 3 is 2.50 bits per heavy atom. The lowest BCUT2D eigenvalue weighted by Crippen LogP contribution is -2.33. The van der Waals surface area contributed by atoms with Gasteiger partial charge in [0, 0.05) is 13.0 Å². The molecule has 1 aliphatic rings. The number of carbonyl (C=O) groups is 3. The number of amides is 3. The van der Waals surface area contributed by atoms with E-state index in [0.717, 1.165) is 0 Å². The van der Waals surface area contributed by atoms with E-state index in [1.165, 1.54) is 4.90 Å². The minimum atomic E-state index is -0.810. The van der Waals surface area contributed by atoms with Crippen molar-refractivity contribution in [1.82, 2.24) is 10.2 Å². The number of hydrogen-bond acceptors (Lipinski definition) is 3. The normalized spacial score (nSPS) is 17.2. The number of urea groups is 1. The lowest BCUT2D eigenvalue weighted by atomic mass is 9.88. The molecule has 1 fully saturated rings. The highest BCUT2D eigenvalue weighted by Crippen LogP contribution is 2.22. The zero-order valence-corrected chi connectivity index (χ0v) is 10.8. The van der Waals surface area contributed by atoms with Gasteiger partial charge in [-0.1, -0.05) is 13.8 Å². The van der Waals surface area contributed by atoms with Gasteiger partial charge >= 0.3 is 12.0 Å². The monoisotopic (exact) mass is 256 g/mol. The number of imide groups is 1. The molecule has 0 aromatic rings. The van der Waals surface area contributed by atoms with Crippen molar-refractivity contribution in [2.24, 2.45) is 11.8 Å². The Hall–Kier alpha value is -1.59. The molecule has 0 saturated carbocycles. The third-order valence-corrected chi connectivity index (χ3v) is 3.33. The maximum Gasteiger partial charge on any atom is 0.324 e. The van der Waals surface area contributed by atoms with E-state index in [0.29, 0.717) is 25.3 Å². The Kier molecular flexibility index (Phi) is 5.12. The van der Waals surface area contributed by atoms with Gasteiger partial charge in [0.05, 0.1) is 6.54 Å². The summed E-state index contributed by atoms with van der Waals surface area (Å²) in [4.78, 5) is 34.5. The molecule has 6 nitrogen and oxygen atoms in total. The van der Waals surface area contributed by atoms with Gasteiger partial charge in [0.15, 0.2) is 0 Å². The van der Waals surface area contributed by atoms with E-state index in [9.17, 15) is 14.4 Å². The van der Waals surface area contributed by atoms with E-state index in [1.807, 2.05) is 13.8 Å². The van der Waals surface area contributed by atoms with E-state index in [-0.39, 0.29) is 30.8 Å². The van der Waals surface area contributed by atoms with Gasteiger partial charge in [-0.2, -0.15) is 0 Å². The van der Waals surface area contributed by atoms with Crippen LogP contribution >= 0.6 is 0 Å². The zero-order valence-electron chi connectivity index (χ0n) is 10.8. The Labute approximate surface area is 106 Å². The molecule has 2 N–H and O–H groups in total. The molecule has 3 amide bonds. The van der Waals surface area contributed by atoms with Crippen LogP contribution in [0.25, 0.3) is 0 Å². The fourth-order valence-corrected chi connectivity index (χ4v) is 2.10. The van der Waals surface area contributed by atoms with Crippen molar-refractivity contribution < 1.29 is 19.5 Å². The van der Waals surface area contributed by atoms with Crippen molar-refractivity contribution >= 4 is 17.9 Å². The third kappa shape index (κ3) is 4.01. The number of nitrogens with zero attached hydrogens (tertiary/aromatic N) is 1. The topological polar surface area (TPSA) is 86.7 Å². The molecule has 1 rings (SSSR count). The molecule has 1 atom stereocenters. The van der Waals surface area contributed by atoms with E-state index in [1.54, 1.807) is 0 Å². The molecular weight excluding hydrogens is 236 g/mol. The SMILES string of the molecule is CC(C)C(CCC(=O)O)CCN1C(=O)CNC1=O. The van der Waals surface area contributed by atoms with Crippen LogP contribution in [0.5, 0.6) is 0 Å². The molecule has 1 heterocycles. The number of aliphatic carboxylic acids is 1. The summed E-state index contributed by atoms with van der Waals surface area (Å²) in [5, 5.41) is 11.1. The molecule has 0 spiro atoms. The van der Waals surface area contributed by atoms with Crippen molar-refractivity contribution in [3.63, 3.8) is 0 Å². The fraction of sp³-hybridized carbons (Fsp3) is 0.750. The van der Waals surface area contributed by atoms with Crippen LogP contribution in [-0.2, 0) is 9.59 Å². The maximum atomic E-state index is 11.4. The summed E-state index contributed by atoms with van der Waals surface area (Å²) in [5.74, 6) is -0.469. The predicted octanol–water partition coefficient (Wildman–Crippen LogP) is 1.07. The van der Waals surface area contributed by atoms with Crippen LogP contribution in [-0.4, -0.2) is 41.0 Å². The maximum absolute atomic E-state index is 11.4. The summed E-state index contributed by atoms with van der Waals surface area (Å²) in [7, 11) is 0. The van der Waals surface area contributed by atoms with Crippen molar-refractivity contribution in [3.05, 3.63) is 0 Å². The molecule has 102 valence electrons. The number of carbonyl (C=O) groups excluding carboxylic acids is 2. The quantitative estimate of drug-likeness (QED) is 0.667. The van der Waals surface area contributed by atoms with Gasteiger partial charge in [-0.15, -0.1) is 0 Å². The first-order valence-corrected chi connectivity index (χ1v) is 6.21. The fourth-order valence-electron chi connectivity index (χ4n) is 2.10. The second-order valence-electron chi connectivity index (χ2n) is 4.93. The van der Waals surface area contributed by atoms with Crippen LogP contribution in [0.4, 0.5) is 4.79 Å². The summed E-state index contributed by atoms with van der Waals surface area (Å²) in [6.45, 7) is 4.49. The number of carboxylic acid groups (broad SMARTS) is 1. The molecule has 1 unspecified atom stereocenters. The van der Waals surface area contributed by atoms with Crippen molar-refractivity contribution in [2.75, 3.05) is 13.1 Å². The van der Waals surface area contributed by atoms with Gasteiger partial charge in [-0.25, -0.2) is 4.79 Å². The summed E-state index contributed by atoms with van der Waals surface area (Å²) < 4.78 is 0. The molecule has 0 aromatic carbocycles. The number of hydrogen-bond donors (Lipinski definition) is 2. The first-order valence-electron chi connectivity index (χ1n) is 6.21. The Bertz CT molecular complexity index is 325. The largest absolute Gasteiger partial charge is 0.481 e. The first kappa shape index (κ1) is 14.5. The van der Waals surface area contributed by atoms with Crippen LogP contribution in [0, 0.1) is 11.8 Å². The van der Waals surface area contributed by atoms with Gasteiger partial charge in [0.2, 0.25) is 5.91 Å². The van der Waals surface area contributed by atoms with Gasteiger partial charge < -0.3 is 10.4 Å². The summed E-state index contributed by atoms with van der Waals surface area (Å²) in [6, 6.07) is -0.347. The Balaban J connectivity index is 2.44. The van der Waals surface area contributed by atoms with E-state index >= 15 is 0 Å². The number of carboxylic acids is 1. The first-order chi connectivity index (χ1) is 8.41. The third-order valence-electron chi connectivity index (χ3n) is 3.33. The van der Waals surface area contributed by atoms with Crippen LogP contribution < -0.4 is 5.32 Å². The molecule has 0 bridgehead atoms. The van der Waals surface area contributed by atoms with Crippen LogP contribution in [0.3, 0.4) is 0 Å². The molecule has 0 aliphatic carbocycles. The number of nitrogens with one attached hydrogen (secondary N) is 1. The predicted molar refractivity (Wildman–Crippen MR) is 64.9 cm³/mol. The zero-order chi connectivity index (χ0) is 13.7. The van der Waals surface area contributed by atoms with E-state index in [4.69, 9.17) is 5.11 Å². The Morgan fingerprint density at radius 1 is 1.39 bits per heavy atom. The molecule has 0 radical (unpaired) electrons. The van der Waals surface area contributed by atoms with E-state index < -0.39 is 5.97 Å². The number of rotatable bonds is 7. The van der Waals surface area contributed by atoms with Gasteiger partial charge in [-0.05, 0) is 24.7 Å².